The zero-order valence-electron chi connectivity index (χ0n) is 32.7. The lowest BCUT2D eigenvalue weighted by Crippen LogP contribution is -2.11. The molecule has 2 heteroatoms. The number of benzene rings is 11. The van der Waals surface area contributed by atoms with E-state index in [1.54, 1.807) is 0 Å². The molecule has 0 aliphatic carbocycles. The molecule has 12 aromatic rings. The summed E-state index contributed by atoms with van der Waals surface area (Å²) in [4.78, 5) is 2.51. The Morgan fingerprint density at radius 2 is 0.817 bits per heavy atom. The highest BCUT2D eigenvalue weighted by molar-refractivity contribution is 7.26. The molecule has 1 heterocycles. The Labute approximate surface area is 352 Å². The summed E-state index contributed by atoms with van der Waals surface area (Å²) in [7, 11) is 0. The van der Waals surface area contributed by atoms with Crippen molar-refractivity contribution >= 4 is 91.7 Å². The summed E-state index contributed by atoms with van der Waals surface area (Å²) in [5.41, 5.74) is 10.8. The first kappa shape index (κ1) is 34.5. The molecule has 0 saturated heterocycles. The molecule has 0 radical (unpaired) electrons. The van der Waals surface area contributed by atoms with Gasteiger partial charge in [-0.2, -0.15) is 0 Å². The Balaban J connectivity index is 1.13. The maximum absolute atomic E-state index is 2.51. The van der Waals surface area contributed by atoms with Crippen LogP contribution in [0.1, 0.15) is 0 Å². The number of thiophene rings is 1. The van der Waals surface area contributed by atoms with Crippen LogP contribution >= 0.6 is 11.3 Å². The monoisotopic (exact) mass is 779 g/mol. The van der Waals surface area contributed by atoms with Crippen molar-refractivity contribution in [2.24, 2.45) is 0 Å². The van der Waals surface area contributed by atoms with Crippen molar-refractivity contribution in [2.75, 3.05) is 4.90 Å². The van der Waals surface area contributed by atoms with Gasteiger partial charge in [-0.3, -0.25) is 0 Å². The fourth-order valence-electron chi connectivity index (χ4n) is 9.54. The van der Waals surface area contributed by atoms with Crippen molar-refractivity contribution in [1.82, 2.24) is 0 Å². The molecule has 0 aliphatic heterocycles. The third kappa shape index (κ3) is 5.53. The van der Waals surface area contributed by atoms with Gasteiger partial charge in [0.2, 0.25) is 0 Å². The molecule has 0 amide bonds. The Kier molecular flexibility index (Phi) is 8.11. The quantitative estimate of drug-likeness (QED) is 0.152. The number of rotatable bonds is 6. The molecule has 0 fully saturated rings. The van der Waals surface area contributed by atoms with Crippen LogP contribution in [0, 0.1) is 0 Å². The van der Waals surface area contributed by atoms with Crippen LogP contribution in [0.3, 0.4) is 0 Å². The average Bonchev–Trinajstić information content (AvgIpc) is 3.71. The Morgan fingerprint density at radius 1 is 0.283 bits per heavy atom. The van der Waals surface area contributed by atoms with E-state index in [0.717, 1.165) is 11.4 Å². The van der Waals surface area contributed by atoms with Crippen LogP contribution in [0.2, 0.25) is 0 Å². The molecule has 280 valence electrons. The fourth-order valence-corrected chi connectivity index (χ4v) is 10.7. The maximum atomic E-state index is 2.51. The molecule has 1 aromatic heterocycles. The summed E-state index contributed by atoms with van der Waals surface area (Å²) in [5.74, 6) is 0. The number of hydrogen-bond acceptors (Lipinski definition) is 2. The molecular weight excluding hydrogens is 743 g/mol. The van der Waals surface area contributed by atoms with E-state index in [4.69, 9.17) is 0 Å². The van der Waals surface area contributed by atoms with E-state index < -0.39 is 0 Å². The first-order chi connectivity index (χ1) is 29.8. The summed E-state index contributed by atoms with van der Waals surface area (Å²) < 4.78 is 2.57. The lowest BCUT2D eigenvalue weighted by Gasteiger charge is -2.28. The van der Waals surface area contributed by atoms with Crippen molar-refractivity contribution in [2.45, 2.75) is 0 Å². The number of nitrogens with zero attached hydrogens (tertiary/aromatic N) is 1. The van der Waals surface area contributed by atoms with Gasteiger partial charge in [-0.25, -0.2) is 0 Å². The molecular formula is C58H37NS. The summed E-state index contributed by atoms with van der Waals surface area (Å²) in [5, 5.41) is 12.6. The number of anilines is 3. The van der Waals surface area contributed by atoms with Crippen LogP contribution in [0.25, 0.3) is 96.6 Å². The minimum Gasteiger partial charge on any atom is -0.308 e. The topological polar surface area (TPSA) is 3.24 Å². The van der Waals surface area contributed by atoms with Gasteiger partial charge in [0.05, 0.1) is 16.1 Å². The third-order valence-corrected chi connectivity index (χ3v) is 13.4. The Morgan fingerprint density at radius 3 is 1.58 bits per heavy atom. The van der Waals surface area contributed by atoms with E-state index in [9.17, 15) is 0 Å². The lowest BCUT2D eigenvalue weighted by atomic mass is 9.84. The minimum atomic E-state index is 1.12. The molecule has 11 aromatic carbocycles. The standard InChI is InChI=1S/C58H37NS/c1-3-17-38(18-4-1)56-50-29-12-10-26-46(50)47-34-33-41(36-52(47)57(56)39-19-5-2-6-20-39)40-22-15-23-43(35-40)59(53-31-16-30-51-49-28-13-14-32-55(49)60-58(51)53)54-37-42-21-7-8-24-44(42)45-25-9-11-27-48(45)54/h1-37H. The smallest absolute Gasteiger partial charge is 0.0640 e. The SMILES string of the molecule is c1ccc(-c2c(-c3ccccc3)c3cc(-c4cccc(N(c5cc6ccccc6c6ccccc56)c5cccc6c5sc5ccccc56)c4)ccc3c3ccccc23)cc1. The highest BCUT2D eigenvalue weighted by atomic mass is 32.1. The maximum Gasteiger partial charge on any atom is 0.0640 e. The second-order valence-electron chi connectivity index (χ2n) is 15.6. The number of hydrogen-bond donors (Lipinski definition) is 0. The third-order valence-electron chi connectivity index (χ3n) is 12.2. The molecule has 0 bridgehead atoms. The molecule has 60 heavy (non-hydrogen) atoms. The van der Waals surface area contributed by atoms with Crippen LogP contribution < -0.4 is 4.90 Å². The van der Waals surface area contributed by atoms with Crippen LogP contribution in [0.4, 0.5) is 17.1 Å². The molecule has 0 atom stereocenters. The van der Waals surface area contributed by atoms with Gasteiger partial charge in [0.15, 0.2) is 0 Å². The van der Waals surface area contributed by atoms with Crippen molar-refractivity contribution in [1.29, 1.82) is 0 Å². The van der Waals surface area contributed by atoms with Gasteiger partial charge in [0, 0.05) is 26.5 Å². The fraction of sp³-hybridized carbons (Fsp3) is 0. The lowest BCUT2D eigenvalue weighted by molar-refractivity contribution is 1.32. The summed E-state index contributed by atoms with van der Waals surface area (Å²) in [6, 6.07) is 82.6. The van der Waals surface area contributed by atoms with Gasteiger partial charge in [-0.05, 0) is 107 Å². The Hall–Kier alpha value is -7.52. The predicted octanol–water partition coefficient (Wildman–Crippen LogP) is 17.1. The van der Waals surface area contributed by atoms with Gasteiger partial charge >= 0.3 is 0 Å². The van der Waals surface area contributed by atoms with Gasteiger partial charge in [0.25, 0.3) is 0 Å². The normalized spacial score (nSPS) is 11.7. The highest BCUT2D eigenvalue weighted by Gasteiger charge is 2.22. The van der Waals surface area contributed by atoms with E-state index in [1.165, 1.54) is 102 Å². The average molecular weight is 780 g/mol. The predicted molar refractivity (Wildman–Crippen MR) is 260 cm³/mol. The van der Waals surface area contributed by atoms with E-state index in [-0.39, 0.29) is 0 Å². The molecule has 1 nitrogen and oxygen atoms in total. The van der Waals surface area contributed by atoms with Crippen LogP contribution in [0.5, 0.6) is 0 Å². The zero-order valence-corrected chi connectivity index (χ0v) is 33.5. The van der Waals surface area contributed by atoms with Gasteiger partial charge in [-0.15, -0.1) is 11.3 Å². The second-order valence-corrected chi connectivity index (χ2v) is 16.6. The van der Waals surface area contributed by atoms with Crippen LogP contribution in [0.15, 0.2) is 224 Å². The summed E-state index contributed by atoms with van der Waals surface area (Å²) in [6.07, 6.45) is 0. The van der Waals surface area contributed by atoms with E-state index in [1.807, 2.05) is 11.3 Å². The first-order valence-corrected chi connectivity index (χ1v) is 21.4. The number of fused-ring (bicyclic) bond motifs is 9. The van der Waals surface area contributed by atoms with Crippen molar-refractivity contribution < 1.29 is 0 Å². The zero-order chi connectivity index (χ0) is 39.6. The first-order valence-electron chi connectivity index (χ1n) is 20.6. The molecule has 0 spiro atoms. The van der Waals surface area contributed by atoms with E-state index in [0.29, 0.717) is 0 Å². The van der Waals surface area contributed by atoms with E-state index >= 15 is 0 Å². The molecule has 0 N–H and O–H groups in total. The summed E-state index contributed by atoms with van der Waals surface area (Å²) in [6.45, 7) is 0. The molecule has 12 rings (SSSR count). The minimum absolute atomic E-state index is 1.12. The van der Waals surface area contributed by atoms with Crippen molar-refractivity contribution in [3.63, 3.8) is 0 Å². The highest BCUT2D eigenvalue weighted by Crippen LogP contribution is 2.49. The second kappa shape index (κ2) is 14.1. The van der Waals surface area contributed by atoms with Gasteiger partial charge < -0.3 is 4.90 Å². The van der Waals surface area contributed by atoms with E-state index in [2.05, 4.69) is 229 Å². The van der Waals surface area contributed by atoms with Crippen molar-refractivity contribution in [3.8, 4) is 33.4 Å². The van der Waals surface area contributed by atoms with Crippen LogP contribution in [-0.4, -0.2) is 0 Å². The van der Waals surface area contributed by atoms with Gasteiger partial charge in [-0.1, -0.05) is 188 Å². The van der Waals surface area contributed by atoms with Crippen LogP contribution in [-0.2, 0) is 0 Å². The Bertz CT molecular complexity index is 3600. The van der Waals surface area contributed by atoms with Crippen molar-refractivity contribution in [3.05, 3.63) is 224 Å². The molecule has 0 unspecified atom stereocenters. The van der Waals surface area contributed by atoms with Gasteiger partial charge in [0.1, 0.15) is 0 Å². The molecule has 0 saturated carbocycles. The molecule has 0 aliphatic rings. The largest absolute Gasteiger partial charge is 0.308 e. The summed E-state index contributed by atoms with van der Waals surface area (Å²) >= 11 is 1.88.